The first kappa shape index (κ1) is 22.0. The largest absolute Gasteiger partial charge is 0.392 e. The highest BCUT2D eigenvalue weighted by Crippen LogP contribution is 2.29. The summed E-state index contributed by atoms with van der Waals surface area (Å²) in [6, 6.07) is 12.1. The first-order valence-electron chi connectivity index (χ1n) is 9.93. The van der Waals surface area contributed by atoms with Crippen LogP contribution in [0, 0.1) is 11.6 Å². The lowest BCUT2D eigenvalue weighted by atomic mass is 10.0. The molecule has 2 atom stereocenters. The molecule has 1 aliphatic rings. The molecule has 0 radical (unpaired) electrons. The van der Waals surface area contributed by atoms with Gasteiger partial charge in [0.25, 0.3) is 0 Å². The average molecular weight is 423 g/mol. The molecule has 0 amide bonds. The minimum atomic E-state index is -1.23. The fraction of sp³-hybridized carbons (Fsp3) is 0.455. The van der Waals surface area contributed by atoms with E-state index in [1.807, 2.05) is 0 Å². The third-order valence-electron chi connectivity index (χ3n) is 5.20. The van der Waals surface area contributed by atoms with Gasteiger partial charge in [0.05, 0.1) is 11.4 Å². The molecule has 1 unspecified atom stereocenters. The Hall–Kier alpha value is -1.67. The van der Waals surface area contributed by atoms with Gasteiger partial charge >= 0.3 is 0 Å². The van der Waals surface area contributed by atoms with E-state index in [4.69, 9.17) is 0 Å². The van der Waals surface area contributed by atoms with E-state index < -0.39 is 16.0 Å². The molecule has 0 spiro atoms. The van der Waals surface area contributed by atoms with Crippen LogP contribution in [0.1, 0.15) is 23.3 Å². The molecule has 3 rings (SSSR count). The maximum atomic E-state index is 13.4. The Labute approximate surface area is 173 Å². The van der Waals surface area contributed by atoms with Gasteiger partial charge in [0.1, 0.15) is 11.6 Å². The van der Waals surface area contributed by atoms with Crippen molar-refractivity contribution in [2.45, 2.75) is 18.3 Å². The van der Waals surface area contributed by atoms with Crippen molar-refractivity contribution < 1.29 is 18.1 Å². The van der Waals surface area contributed by atoms with Crippen LogP contribution in [-0.2, 0) is 10.8 Å². The van der Waals surface area contributed by atoms with Crippen LogP contribution in [0.3, 0.4) is 0 Å². The summed E-state index contributed by atoms with van der Waals surface area (Å²) in [4.78, 5) is 4.51. The normalized spacial score (nSPS) is 18.1. The SMILES string of the molecule is C[C@@H](O)CN1CCN(CCS(=O)C(c2ccc(F)cc2)c2ccc(F)cc2)CC1. The van der Waals surface area contributed by atoms with Crippen LogP contribution in [0.5, 0.6) is 0 Å². The van der Waals surface area contributed by atoms with Crippen LogP contribution in [0.2, 0.25) is 0 Å². The minimum absolute atomic E-state index is 0.332. The number of aliphatic hydroxyl groups excluding tert-OH is 1. The summed E-state index contributed by atoms with van der Waals surface area (Å²) in [5.41, 5.74) is 1.52. The molecule has 1 N–H and O–H groups in total. The number of aliphatic hydroxyl groups is 1. The van der Waals surface area contributed by atoms with Crippen LogP contribution < -0.4 is 0 Å². The van der Waals surface area contributed by atoms with Crippen molar-refractivity contribution in [1.82, 2.24) is 9.80 Å². The third kappa shape index (κ3) is 6.40. The predicted octanol–water partition coefficient (Wildman–Crippen LogP) is 2.80. The third-order valence-corrected chi connectivity index (χ3v) is 6.86. The highest BCUT2D eigenvalue weighted by molar-refractivity contribution is 7.85. The number of benzene rings is 2. The number of piperazine rings is 1. The molecule has 4 nitrogen and oxygen atoms in total. The van der Waals surface area contributed by atoms with Gasteiger partial charge in [-0.05, 0) is 42.3 Å². The van der Waals surface area contributed by atoms with Gasteiger partial charge in [-0.2, -0.15) is 0 Å². The van der Waals surface area contributed by atoms with Gasteiger partial charge in [0.2, 0.25) is 0 Å². The van der Waals surface area contributed by atoms with Crippen LogP contribution >= 0.6 is 0 Å². The van der Waals surface area contributed by atoms with Gasteiger partial charge in [-0.15, -0.1) is 0 Å². The van der Waals surface area contributed by atoms with Gasteiger partial charge in [0, 0.05) is 55.8 Å². The van der Waals surface area contributed by atoms with Crippen molar-refractivity contribution in [2.75, 3.05) is 45.0 Å². The van der Waals surface area contributed by atoms with Gasteiger partial charge in [-0.1, -0.05) is 24.3 Å². The van der Waals surface area contributed by atoms with E-state index in [1.165, 1.54) is 24.3 Å². The maximum absolute atomic E-state index is 13.4. The van der Waals surface area contributed by atoms with Crippen LogP contribution in [0.4, 0.5) is 8.78 Å². The quantitative estimate of drug-likeness (QED) is 0.711. The van der Waals surface area contributed by atoms with Crippen molar-refractivity contribution >= 4 is 10.8 Å². The van der Waals surface area contributed by atoms with Gasteiger partial charge < -0.3 is 5.11 Å². The van der Waals surface area contributed by atoms with Crippen molar-refractivity contribution in [2.24, 2.45) is 0 Å². The topological polar surface area (TPSA) is 43.8 Å². The van der Waals surface area contributed by atoms with Gasteiger partial charge in [-0.25, -0.2) is 8.78 Å². The second-order valence-electron chi connectivity index (χ2n) is 7.56. The van der Waals surface area contributed by atoms with Crippen molar-refractivity contribution in [3.8, 4) is 0 Å². The molecule has 2 aromatic rings. The zero-order valence-electron chi connectivity index (χ0n) is 16.6. The molecule has 0 saturated carbocycles. The molecule has 0 aliphatic carbocycles. The Bertz CT molecular complexity index is 746. The predicted molar refractivity (Wildman–Crippen MR) is 112 cm³/mol. The van der Waals surface area contributed by atoms with Gasteiger partial charge in [-0.3, -0.25) is 14.0 Å². The molecule has 7 heteroatoms. The molecule has 1 heterocycles. The lowest BCUT2D eigenvalue weighted by Crippen LogP contribution is -2.49. The summed E-state index contributed by atoms with van der Waals surface area (Å²) in [5, 5.41) is 9.09. The van der Waals surface area contributed by atoms with E-state index in [1.54, 1.807) is 31.2 Å². The van der Waals surface area contributed by atoms with E-state index in [-0.39, 0.29) is 17.7 Å². The average Bonchev–Trinajstić information content (AvgIpc) is 2.70. The van der Waals surface area contributed by atoms with Crippen molar-refractivity contribution in [1.29, 1.82) is 0 Å². The fourth-order valence-corrected chi connectivity index (χ4v) is 5.27. The fourth-order valence-electron chi connectivity index (χ4n) is 3.68. The van der Waals surface area contributed by atoms with E-state index in [0.717, 1.165) is 37.3 Å². The molecule has 1 aliphatic heterocycles. The zero-order chi connectivity index (χ0) is 20.8. The van der Waals surface area contributed by atoms with Crippen LogP contribution in [0.25, 0.3) is 0 Å². The standard InChI is InChI=1S/C22H28F2N2O2S/c1-17(27)16-26-12-10-25(11-13-26)14-15-29(28)22(18-2-6-20(23)7-3-18)19-4-8-21(24)9-5-19/h2-9,17,22,27H,10-16H2,1H3/t17-,29?/m1/s1. The zero-order valence-corrected chi connectivity index (χ0v) is 17.5. The number of halogens is 2. The smallest absolute Gasteiger partial charge is 0.123 e. The molecule has 0 aromatic heterocycles. The Morgan fingerprint density at radius 3 is 1.79 bits per heavy atom. The first-order chi connectivity index (χ1) is 13.9. The van der Waals surface area contributed by atoms with Crippen molar-refractivity contribution in [3.05, 3.63) is 71.3 Å². The summed E-state index contributed by atoms with van der Waals surface area (Å²) in [6.07, 6.45) is -0.332. The van der Waals surface area contributed by atoms with E-state index in [0.29, 0.717) is 18.8 Å². The summed E-state index contributed by atoms with van der Waals surface area (Å²) >= 11 is 0. The molecule has 0 bridgehead atoms. The van der Waals surface area contributed by atoms with E-state index in [2.05, 4.69) is 9.80 Å². The molecular formula is C22H28F2N2O2S. The van der Waals surface area contributed by atoms with Crippen LogP contribution in [-0.4, -0.2) is 70.2 Å². The Morgan fingerprint density at radius 2 is 1.34 bits per heavy atom. The number of hydrogen-bond donors (Lipinski definition) is 1. The molecule has 158 valence electrons. The second kappa shape index (κ2) is 10.4. The molecule has 29 heavy (non-hydrogen) atoms. The summed E-state index contributed by atoms with van der Waals surface area (Å²) < 4.78 is 39.9. The lowest BCUT2D eigenvalue weighted by Gasteiger charge is -2.35. The number of nitrogens with zero attached hydrogens (tertiary/aromatic N) is 2. The van der Waals surface area contributed by atoms with Crippen molar-refractivity contribution in [3.63, 3.8) is 0 Å². The highest BCUT2D eigenvalue weighted by atomic mass is 32.2. The Kier molecular flexibility index (Phi) is 7.89. The monoisotopic (exact) mass is 422 g/mol. The summed E-state index contributed by atoms with van der Waals surface area (Å²) in [5.74, 6) is -0.199. The summed E-state index contributed by atoms with van der Waals surface area (Å²) in [7, 11) is -1.23. The maximum Gasteiger partial charge on any atom is 0.123 e. The Balaban J connectivity index is 1.64. The van der Waals surface area contributed by atoms with Crippen LogP contribution in [0.15, 0.2) is 48.5 Å². The van der Waals surface area contributed by atoms with E-state index in [9.17, 15) is 18.1 Å². The molecule has 1 saturated heterocycles. The summed E-state index contributed by atoms with van der Waals surface area (Å²) in [6.45, 7) is 6.70. The number of hydrogen-bond acceptors (Lipinski definition) is 4. The molecular weight excluding hydrogens is 394 g/mol. The van der Waals surface area contributed by atoms with Gasteiger partial charge in [0.15, 0.2) is 0 Å². The number of β-amino-alcohol motifs (C(OH)–C–C–N with tert-alkyl or cyclic N) is 1. The number of rotatable bonds is 8. The lowest BCUT2D eigenvalue weighted by molar-refractivity contribution is 0.0832. The van der Waals surface area contributed by atoms with E-state index >= 15 is 0 Å². The molecule has 1 fully saturated rings. The molecule has 2 aromatic carbocycles. The second-order valence-corrected chi connectivity index (χ2v) is 9.20. The Morgan fingerprint density at radius 1 is 0.897 bits per heavy atom. The minimum Gasteiger partial charge on any atom is -0.392 e. The highest BCUT2D eigenvalue weighted by Gasteiger charge is 2.23. The first-order valence-corrected chi connectivity index (χ1v) is 11.3.